The molecule has 0 aliphatic heterocycles. The molecule has 0 aliphatic rings. The van der Waals surface area contributed by atoms with Crippen LogP contribution in [0.4, 0.5) is 0 Å². The molecule has 0 amide bonds. The van der Waals surface area contributed by atoms with E-state index in [0.29, 0.717) is 5.82 Å². The smallest absolute Gasteiger partial charge is 0.214 e. The first-order valence-corrected chi connectivity index (χ1v) is 4.93. The van der Waals surface area contributed by atoms with Crippen LogP contribution >= 0.6 is 0 Å². The topological polar surface area (TPSA) is 46.9 Å². The Morgan fingerprint density at radius 3 is 3.00 bits per heavy atom. The number of imidazole rings is 1. The molecule has 1 aromatic rings. The summed E-state index contributed by atoms with van der Waals surface area (Å²) in [6.45, 7) is 4.76. The van der Waals surface area contributed by atoms with E-state index < -0.39 is 0 Å². The van der Waals surface area contributed by atoms with Gasteiger partial charge in [-0.2, -0.15) is 0 Å². The lowest BCUT2D eigenvalue weighted by atomic mass is 10.2. The molecule has 1 rings (SSSR count). The second-order valence-electron chi connectivity index (χ2n) is 3.32. The van der Waals surface area contributed by atoms with Crippen molar-refractivity contribution < 1.29 is 4.79 Å². The zero-order valence-electron chi connectivity index (χ0n) is 8.95. The van der Waals surface area contributed by atoms with E-state index in [2.05, 4.69) is 17.2 Å². The average molecular weight is 195 g/mol. The molecule has 0 spiro atoms. The number of rotatable bonds is 5. The van der Waals surface area contributed by atoms with Crippen molar-refractivity contribution in [2.75, 3.05) is 7.05 Å². The number of nitrogens with zero attached hydrogens (tertiary/aromatic N) is 2. The molecule has 0 aliphatic carbocycles. The highest BCUT2D eigenvalue weighted by Gasteiger charge is 2.17. The number of hydrogen-bond donors (Lipinski definition) is 1. The fourth-order valence-electron chi connectivity index (χ4n) is 1.28. The number of carbonyl (C=O) groups excluding carboxylic acids is 1. The molecule has 0 aromatic carbocycles. The Labute approximate surface area is 84.3 Å². The molecule has 1 heterocycles. The van der Waals surface area contributed by atoms with Crippen LogP contribution in [0.5, 0.6) is 0 Å². The molecule has 0 fully saturated rings. The Kier molecular flexibility index (Phi) is 3.83. The summed E-state index contributed by atoms with van der Waals surface area (Å²) >= 11 is 0. The predicted molar refractivity (Wildman–Crippen MR) is 55.4 cm³/mol. The second-order valence-corrected chi connectivity index (χ2v) is 3.32. The first-order chi connectivity index (χ1) is 6.70. The zero-order valence-corrected chi connectivity index (χ0v) is 8.95. The van der Waals surface area contributed by atoms with E-state index >= 15 is 0 Å². The molecule has 4 nitrogen and oxygen atoms in total. The van der Waals surface area contributed by atoms with Crippen molar-refractivity contribution in [1.82, 2.24) is 14.9 Å². The normalized spacial score (nSPS) is 12.8. The zero-order chi connectivity index (χ0) is 10.6. The Morgan fingerprint density at radius 2 is 2.43 bits per heavy atom. The summed E-state index contributed by atoms with van der Waals surface area (Å²) in [5.74, 6) is 0.597. The summed E-state index contributed by atoms with van der Waals surface area (Å²) in [7, 11) is 1.77. The van der Waals surface area contributed by atoms with Crippen LogP contribution in [-0.4, -0.2) is 28.4 Å². The molecule has 0 radical (unpaired) electrons. The van der Waals surface area contributed by atoms with Crippen LogP contribution in [0.3, 0.4) is 0 Å². The summed E-state index contributed by atoms with van der Waals surface area (Å²) in [6.07, 6.45) is 4.52. The van der Waals surface area contributed by atoms with Gasteiger partial charge in [0.15, 0.2) is 5.82 Å². The van der Waals surface area contributed by atoms with E-state index in [4.69, 9.17) is 0 Å². The van der Waals surface area contributed by atoms with Gasteiger partial charge in [0.2, 0.25) is 5.78 Å². The molecular weight excluding hydrogens is 178 g/mol. The number of carbonyl (C=O) groups is 1. The Balaban J connectivity index is 2.83. The highest BCUT2D eigenvalue weighted by molar-refractivity contribution is 5.96. The van der Waals surface area contributed by atoms with E-state index in [1.807, 2.05) is 17.7 Å². The molecule has 14 heavy (non-hydrogen) atoms. The van der Waals surface area contributed by atoms with E-state index in [9.17, 15) is 4.79 Å². The van der Waals surface area contributed by atoms with E-state index in [0.717, 1.165) is 13.0 Å². The van der Waals surface area contributed by atoms with Gasteiger partial charge in [0, 0.05) is 18.9 Å². The average Bonchev–Trinajstić information content (AvgIpc) is 2.64. The summed E-state index contributed by atoms with van der Waals surface area (Å²) in [5, 5.41) is 2.92. The molecule has 78 valence electrons. The van der Waals surface area contributed by atoms with Crippen LogP contribution in [0.15, 0.2) is 12.4 Å². The SMILES string of the molecule is CCCn1ccnc1C(=O)C(C)NC. The van der Waals surface area contributed by atoms with Crippen molar-refractivity contribution in [1.29, 1.82) is 0 Å². The van der Waals surface area contributed by atoms with Crippen LogP contribution in [0.2, 0.25) is 0 Å². The summed E-state index contributed by atoms with van der Waals surface area (Å²) < 4.78 is 1.90. The van der Waals surface area contributed by atoms with Crippen LogP contribution in [-0.2, 0) is 6.54 Å². The van der Waals surface area contributed by atoms with Gasteiger partial charge in [-0.15, -0.1) is 0 Å². The van der Waals surface area contributed by atoms with Crippen molar-refractivity contribution in [3.63, 3.8) is 0 Å². The van der Waals surface area contributed by atoms with Crippen molar-refractivity contribution in [2.24, 2.45) is 0 Å². The first-order valence-electron chi connectivity index (χ1n) is 4.93. The van der Waals surface area contributed by atoms with E-state index in [1.165, 1.54) is 0 Å². The van der Waals surface area contributed by atoms with Crippen LogP contribution in [0.25, 0.3) is 0 Å². The minimum Gasteiger partial charge on any atom is -0.328 e. The summed E-state index contributed by atoms with van der Waals surface area (Å²) in [6, 6.07) is -0.173. The maximum Gasteiger partial charge on any atom is 0.214 e. The van der Waals surface area contributed by atoms with Gasteiger partial charge < -0.3 is 9.88 Å². The maximum absolute atomic E-state index is 11.8. The number of likely N-dealkylation sites (N-methyl/N-ethyl adjacent to an activating group) is 1. The lowest BCUT2D eigenvalue weighted by Gasteiger charge is -2.10. The first kappa shape index (κ1) is 10.9. The van der Waals surface area contributed by atoms with Crippen LogP contribution in [0.1, 0.15) is 30.9 Å². The second kappa shape index (κ2) is 4.91. The number of hydrogen-bond acceptors (Lipinski definition) is 3. The number of aryl methyl sites for hydroxylation is 1. The van der Waals surface area contributed by atoms with Crippen molar-refractivity contribution in [3.8, 4) is 0 Å². The van der Waals surface area contributed by atoms with Gasteiger partial charge in [0.1, 0.15) is 0 Å². The lowest BCUT2D eigenvalue weighted by Crippen LogP contribution is -2.32. The quantitative estimate of drug-likeness (QED) is 0.715. The lowest BCUT2D eigenvalue weighted by molar-refractivity contribution is 0.0940. The fraction of sp³-hybridized carbons (Fsp3) is 0.600. The largest absolute Gasteiger partial charge is 0.328 e. The van der Waals surface area contributed by atoms with Gasteiger partial charge in [-0.25, -0.2) is 4.98 Å². The maximum atomic E-state index is 11.8. The fourth-order valence-corrected chi connectivity index (χ4v) is 1.28. The minimum absolute atomic E-state index is 0.0472. The van der Waals surface area contributed by atoms with Crippen molar-refractivity contribution in [3.05, 3.63) is 18.2 Å². The molecule has 1 aromatic heterocycles. The molecule has 1 unspecified atom stereocenters. The van der Waals surface area contributed by atoms with Gasteiger partial charge in [-0.05, 0) is 20.4 Å². The summed E-state index contributed by atoms with van der Waals surface area (Å²) in [4.78, 5) is 15.9. The molecule has 0 bridgehead atoms. The van der Waals surface area contributed by atoms with Gasteiger partial charge >= 0.3 is 0 Å². The Bertz CT molecular complexity index is 306. The van der Waals surface area contributed by atoms with Gasteiger partial charge in [-0.1, -0.05) is 6.92 Å². The third-order valence-electron chi connectivity index (χ3n) is 2.23. The Hall–Kier alpha value is -1.16. The monoisotopic (exact) mass is 195 g/mol. The van der Waals surface area contributed by atoms with Gasteiger partial charge in [0.25, 0.3) is 0 Å². The third-order valence-corrected chi connectivity index (χ3v) is 2.23. The molecule has 1 atom stereocenters. The number of nitrogens with one attached hydrogen (secondary N) is 1. The number of ketones is 1. The van der Waals surface area contributed by atoms with Crippen LogP contribution in [0, 0.1) is 0 Å². The summed E-state index contributed by atoms with van der Waals surface area (Å²) in [5.41, 5.74) is 0. The molecule has 0 saturated heterocycles. The van der Waals surface area contributed by atoms with E-state index in [1.54, 1.807) is 13.2 Å². The number of Topliss-reactive ketones (excluding diaryl/α,β-unsaturated/α-hetero) is 1. The predicted octanol–water partition coefficient (Wildman–Crippen LogP) is 1.08. The highest BCUT2D eigenvalue weighted by Crippen LogP contribution is 2.03. The minimum atomic E-state index is -0.173. The Morgan fingerprint density at radius 1 is 1.71 bits per heavy atom. The van der Waals surface area contributed by atoms with Gasteiger partial charge in [0.05, 0.1) is 6.04 Å². The molecule has 1 N–H and O–H groups in total. The third kappa shape index (κ3) is 2.20. The van der Waals surface area contributed by atoms with Crippen molar-refractivity contribution in [2.45, 2.75) is 32.9 Å². The molecule has 0 saturated carbocycles. The molecule has 4 heteroatoms. The van der Waals surface area contributed by atoms with Crippen LogP contribution < -0.4 is 5.32 Å². The van der Waals surface area contributed by atoms with E-state index in [-0.39, 0.29) is 11.8 Å². The van der Waals surface area contributed by atoms with Crippen molar-refractivity contribution >= 4 is 5.78 Å². The highest BCUT2D eigenvalue weighted by atomic mass is 16.1. The molecular formula is C10H17N3O. The number of aromatic nitrogens is 2. The standard InChI is InChI=1S/C10H17N3O/c1-4-6-13-7-5-12-10(13)9(14)8(2)11-3/h5,7-8,11H,4,6H2,1-3H3. The van der Waals surface area contributed by atoms with Gasteiger partial charge in [-0.3, -0.25) is 4.79 Å².